The minimum Gasteiger partial charge on any atom is -0.482 e. The molecule has 1 aromatic heterocycles. The number of sulfonamides is 1. The topological polar surface area (TPSA) is 84.9 Å². The molecule has 0 fully saturated rings. The first-order valence-electron chi connectivity index (χ1n) is 8.00. The second-order valence-electron chi connectivity index (χ2n) is 5.86. The second kappa shape index (κ2) is 7.75. The van der Waals surface area contributed by atoms with Gasteiger partial charge in [0.25, 0.3) is 5.91 Å². The Labute approximate surface area is 156 Å². The van der Waals surface area contributed by atoms with Crippen molar-refractivity contribution in [2.24, 2.45) is 0 Å². The van der Waals surface area contributed by atoms with Crippen LogP contribution in [0.15, 0.2) is 34.5 Å². The Balaban J connectivity index is 1.97. The van der Waals surface area contributed by atoms with Gasteiger partial charge in [0.15, 0.2) is 6.61 Å². The van der Waals surface area contributed by atoms with E-state index in [0.717, 1.165) is 4.88 Å². The molecule has 140 valence electrons. The number of hydrogen-bond acceptors (Lipinski definition) is 6. The number of hydrogen-bond donors (Lipinski definition) is 1. The minimum atomic E-state index is -3.76. The lowest BCUT2D eigenvalue weighted by molar-refractivity contribution is -0.118. The number of thiophene rings is 1. The Morgan fingerprint density at radius 3 is 2.88 bits per heavy atom. The molecule has 0 atom stereocenters. The van der Waals surface area contributed by atoms with Crippen LogP contribution in [-0.4, -0.2) is 45.5 Å². The zero-order chi connectivity index (χ0) is 18.7. The molecule has 0 bridgehead atoms. The van der Waals surface area contributed by atoms with Gasteiger partial charge >= 0.3 is 0 Å². The van der Waals surface area contributed by atoms with Crippen LogP contribution in [0.4, 0.5) is 5.69 Å². The molecule has 1 aliphatic rings. The van der Waals surface area contributed by atoms with Crippen molar-refractivity contribution < 1.29 is 22.7 Å². The van der Waals surface area contributed by atoms with Gasteiger partial charge in [-0.2, -0.15) is 4.31 Å². The number of rotatable bonds is 7. The molecule has 0 unspecified atom stereocenters. The van der Waals surface area contributed by atoms with Gasteiger partial charge in [-0.15, -0.1) is 11.3 Å². The number of nitrogens with one attached hydrogen (secondary N) is 1. The Morgan fingerprint density at radius 1 is 1.38 bits per heavy atom. The quantitative estimate of drug-likeness (QED) is 0.776. The summed E-state index contributed by atoms with van der Waals surface area (Å²) < 4.78 is 38.4. The van der Waals surface area contributed by atoms with Gasteiger partial charge in [-0.25, -0.2) is 8.42 Å². The largest absolute Gasteiger partial charge is 0.482 e. The minimum absolute atomic E-state index is 0.127. The summed E-state index contributed by atoms with van der Waals surface area (Å²) in [7, 11) is -2.22. The van der Waals surface area contributed by atoms with Gasteiger partial charge in [-0.1, -0.05) is 6.07 Å². The van der Waals surface area contributed by atoms with Gasteiger partial charge in [0.05, 0.1) is 17.2 Å². The fraction of sp³-hybridized carbons (Fsp3) is 0.353. The molecule has 0 spiro atoms. The van der Waals surface area contributed by atoms with Gasteiger partial charge in [0, 0.05) is 31.1 Å². The van der Waals surface area contributed by atoms with Crippen LogP contribution >= 0.6 is 11.3 Å². The third-order valence-corrected chi connectivity index (χ3v) is 6.83. The molecule has 1 aliphatic heterocycles. The predicted octanol–water partition coefficient (Wildman–Crippen LogP) is 2.22. The van der Waals surface area contributed by atoms with E-state index >= 15 is 0 Å². The van der Waals surface area contributed by atoms with Crippen molar-refractivity contribution >= 4 is 33.0 Å². The lowest BCUT2D eigenvalue weighted by Crippen LogP contribution is -2.34. The molecule has 2 heterocycles. The summed E-state index contributed by atoms with van der Waals surface area (Å²) in [5.74, 6) is 0.100. The first kappa shape index (κ1) is 18.8. The maximum Gasteiger partial charge on any atom is 0.262 e. The van der Waals surface area contributed by atoms with Crippen molar-refractivity contribution in [3.8, 4) is 5.75 Å². The van der Waals surface area contributed by atoms with Crippen LogP contribution in [0.1, 0.15) is 10.4 Å². The molecule has 3 rings (SSSR count). The number of nitrogens with zero attached hydrogens (tertiary/aromatic N) is 1. The highest BCUT2D eigenvalue weighted by atomic mass is 32.2. The lowest BCUT2D eigenvalue weighted by Gasteiger charge is -2.24. The van der Waals surface area contributed by atoms with Crippen LogP contribution in [0.2, 0.25) is 0 Å². The molecular formula is C17H20N2O5S2. The average Bonchev–Trinajstić information content (AvgIpc) is 3.10. The van der Waals surface area contributed by atoms with E-state index in [1.54, 1.807) is 13.0 Å². The smallest absolute Gasteiger partial charge is 0.262 e. The van der Waals surface area contributed by atoms with Crippen molar-refractivity contribution in [1.29, 1.82) is 0 Å². The van der Waals surface area contributed by atoms with E-state index in [-0.39, 0.29) is 30.5 Å². The van der Waals surface area contributed by atoms with Crippen LogP contribution in [0.5, 0.6) is 5.75 Å². The summed E-state index contributed by atoms with van der Waals surface area (Å²) in [5.41, 5.74) is 1.03. The third kappa shape index (κ3) is 3.90. The van der Waals surface area contributed by atoms with E-state index in [4.69, 9.17) is 9.47 Å². The molecule has 9 heteroatoms. The number of benzene rings is 1. The van der Waals surface area contributed by atoms with Crippen LogP contribution < -0.4 is 10.1 Å². The summed E-state index contributed by atoms with van der Waals surface area (Å²) in [6.45, 7) is 2.38. The van der Waals surface area contributed by atoms with Crippen molar-refractivity contribution in [3.05, 3.63) is 40.1 Å². The molecule has 2 aromatic rings. The molecule has 1 N–H and O–H groups in total. The summed E-state index contributed by atoms with van der Waals surface area (Å²) >= 11 is 1.50. The van der Waals surface area contributed by atoms with E-state index in [0.29, 0.717) is 23.6 Å². The monoisotopic (exact) mass is 396 g/mol. The number of carbonyl (C=O) groups excluding carboxylic acids is 1. The third-order valence-electron chi connectivity index (χ3n) is 3.98. The molecule has 7 nitrogen and oxygen atoms in total. The van der Waals surface area contributed by atoms with Crippen molar-refractivity contribution in [3.63, 3.8) is 0 Å². The number of ether oxygens (including phenoxy) is 2. The standard InChI is InChI=1S/C17H20N2O5S2/c1-12-8-14-15(24-11-17(20)18-14)9-16(12)26(21,22)19(5-6-23-2)10-13-4-3-7-25-13/h3-4,7-9H,5-6,10-11H2,1-2H3,(H,18,20). The van der Waals surface area contributed by atoms with Crippen molar-refractivity contribution in [2.45, 2.75) is 18.4 Å². The Kier molecular flexibility index (Phi) is 5.61. The molecule has 26 heavy (non-hydrogen) atoms. The molecule has 0 radical (unpaired) electrons. The fourth-order valence-electron chi connectivity index (χ4n) is 2.69. The number of aryl methyl sites for hydroxylation is 1. The van der Waals surface area contributed by atoms with Crippen LogP contribution in [0, 0.1) is 6.92 Å². The zero-order valence-corrected chi connectivity index (χ0v) is 16.2. The number of carbonyl (C=O) groups is 1. The first-order valence-corrected chi connectivity index (χ1v) is 10.3. The number of methoxy groups -OCH3 is 1. The normalized spacial score (nSPS) is 14.0. The van der Waals surface area contributed by atoms with E-state index < -0.39 is 10.0 Å². The average molecular weight is 396 g/mol. The van der Waals surface area contributed by atoms with E-state index in [2.05, 4.69) is 5.32 Å². The van der Waals surface area contributed by atoms with Gasteiger partial charge in [0.1, 0.15) is 5.75 Å². The predicted molar refractivity (Wildman–Crippen MR) is 99.1 cm³/mol. The van der Waals surface area contributed by atoms with Crippen LogP contribution in [0.25, 0.3) is 0 Å². The summed E-state index contributed by atoms with van der Waals surface area (Å²) in [4.78, 5) is 12.6. The van der Waals surface area contributed by atoms with Gasteiger partial charge < -0.3 is 14.8 Å². The zero-order valence-electron chi connectivity index (χ0n) is 14.5. The van der Waals surface area contributed by atoms with E-state index in [1.807, 2.05) is 17.5 Å². The molecule has 0 aliphatic carbocycles. The Bertz CT molecular complexity index is 894. The molecule has 1 amide bonds. The molecular weight excluding hydrogens is 376 g/mol. The van der Waals surface area contributed by atoms with E-state index in [1.165, 1.54) is 28.8 Å². The SMILES string of the molecule is COCCN(Cc1cccs1)S(=O)(=O)c1cc2c(cc1C)NC(=O)CO2. The molecule has 0 saturated heterocycles. The number of amides is 1. The molecule has 0 saturated carbocycles. The second-order valence-corrected chi connectivity index (χ2v) is 8.80. The van der Waals surface area contributed by atoms with Crippen LogP contribution in [-0.2, 0) is 26.1 Å². The highest BCUT2D eigenvalue weighted by Crippen LogP contribution is 2.34. The lowest BCUT2D eigenvalue weighted by atomic mass is 10.2. The van der Waals surface area contributed by atoms with Gasteiger partial charge in [-0.05, 0) is 30.0 Å². The maximum atomic E-state index is 13.3. The van der Waals surface area contributed by atoms with Crippen LogP contribution in [0.3, 0.4) is 0 Å². The number of anilines is 1. The summed E-state index contributed by atoms with van der Waals surface area (Å²) in [6, 6.07) is 6.90. The van der Waals surface area contributed by atoms with Crippen molar-refractivity contribution in [1.82, 2.24) is 4.31 Å². The fourth-order valence-corrected chi connectivity index (χ4v) is 5.11. The van der Waals surface area contributed by atoms with Crippen molar-refractivity contribution in [2.75, 3.05) is 32.2 Å². The van der Waals surface area contributed by atoms with Gasteiger partial charge in [-0.3, -0.25) is 4.79 Å². The highest BCUT2D eigenvalue weighted by molar-refractivity contribution is 7.89. The van der Waals surface area contributed by atoms with E-state index in [9.17, 15) is 13.2 Å². The Morgan fingerprint density at radius 2 is 2.19 bits per heavy atom. The van der Waals surface area contributed by atoms with Gasteiger partial charge in [0.2, 0.25) is 10.0 Å². The number of fused-ring (bicyclic) bond motifs is 1. The Hall–Kier alpha value is -1.94. The highest BCUT2D eigenvalue weighted by Gasteiger charge is 2.29. The maximum absolute atomic E-state index is 13.3. The summed E-state index contributed by atoms with van der Waals surface area (Å²) in [6.07, 6.45) is 0. The summed E-state index contributed by atoms with van der Waals surface area (Å²) in [5, 5.41) is 4.60. The first-order chi connectivity index (χ1) is 12.4. The molecule has 1 aromatic carbocycles.